The van der Waals surface area contributed by atoms with Gasteiger partial charge in [-0.1, -0.05) is 11.6 Å². The van der Waals surface area contributed by atoms with Crippen molar-refractivity contribution in [2.45, 2.75) is 25.4 Å². The highest BCUT2D eigenvalue weighted by atomic mass is 35.5. The molecule has 1 atom stereocenters. The number of hydrogen-bond acceptors (Lipinski definition) is 3. The third-order valence-electron chi connectivity index (χ3n) is 3.32. The second-order valence-electron chi connectivity index (χ2n) is 4.63. The minimum Gasteiger partial charge on any atom is -0.508 e. The molecule has 3 N–H and O–H groups in total. The Morgan fingerprint density at radius 3 is 2.78 bits per heavy atom. The second-order valence-corrected chi connectivity index (χ2v) is 4.99. The van der Waals surface area contributed by atoms with Gasteiger partial charge >= 0.3 is 0 Å². The molecular weight excluding hydrogens is 250 g/mol. The topological polar surface area (TPSA) is 64.1 Å². The lowest BCUT2D eigenvalue weighted by atomic mass is 10.1. The van der Waals surface area contributed by atoms with Crippen LogP contribution in [-0.2, 0) is 13.0 Å². The number of aromatic hydroxyl groups is 1. The average Bonchev–Trinajstić information content (AvgIpc) is 2.67. The van der Waals surface area contributed by atoms with Gasteiger partial charge in [0.15, 0.2) is 5.15 Å². The SMILES string of the molecule is NC1CCc2c(Cl)nc(-c3ccc(O)cc3)n2C1. The Bertz CT molecular complexity index is 577. The molecular formula is C13H14ClN3O. The quantitative estimate of drug-likeness (QED) is 0.829. The van der Waals surface area contributed by atoms with Crippen LogP contribution in [0.4, 0.5) is 0 Å². The van der Waals surface area contributed by atoms with Gasteiger partial charge in [0, 0.05) is 18.2 Å². The normalized spacial score (nSPS) is 18.7. The molecule has 3 rings (SSSR count). The van der Waals surface area contributed by atoms with Gasteiger partial charge in [-0.2, -0.15) is 0 Å². The molecule has 0 spiro atoms. The van der Waals surface area contributed by atoms with Crippen LogP contribution in [0.15, 0.2) is 24.3 Å². The molecule has 0 saturated heterocycles. The highest BCUT2D eigenvalue weighted by Gasteiger charge is 2.23. The van der Waals surface area contributed by atoms with Crippen LogP contribution in [0.3, 0.4) is 0 Å². The van der Waals surface area contributed by atoms with Crippen LogP contribution in [0.1, 0.15) is 12.1 Å². The first-order chi connectivity index (χ1) is 8.65. The van der Waals surface area contributed by atoms with Crippen molar-refractivity contribution in [3.63, 3.8) is 0 Å². The standard InChI is InChI=1S/C13H14ClN3O/c14-12-11-6-3-9(15)7-17(11)13(16-12)8-1-4-10(18)5-2-8/h1-2,4-5,9,18H,3,6-7,15H2. The van der Waals surface area contributed by atoms with E-state index >= 15 is 0 Å². The van der Waals surface area contributed by atoms with Crippen molar-refractivity contribution < 1.29 is 5.11 Å². The van der Waals surface area contributed by atoms with E-state index in [4.69, 9.17) is 17.3 Å². The zero-order valence-electron chi connectivity index (χ0n) is 9.81. The Hall–Kier alpha value is -1.52. The summed E-state index contributed by atoms with van der Waals surface area (Å²) in [5, 5.41) is 9.88. The summed E-state index contributed by atoms with van der Waals surface area (Å²) in [5.41, 5.74) is 7.99. The summed E-state index contributed by atoms with van der Waals surface area (Å²) in [6.45, 7) is 0.741. The Kier molecular flexibility index (Phi) is 2.76. The fourth-order valence-corrected chi connectivity index (χ4v) is 2.65. The number of aromatic nitrogens is 2. The van der Waals surface area contributed by atoms with Gasteiger partial charge in [-0.15, -0.1) is 0 Å². The molecule has 1 aliphatic rings. The van der Waals surface area contributed by atoms with Crippen LogP contribution < -0.4 is 5.73 Å². The predicted molar refractivity (Wildman–Crippen MR) is 70.6 cm³/mol. The summed E-state index contributed by atoms with van der Waals surface area (Å²) >= 11 is 6.17. The van der Waals surface area contributed by atoms with Crippen molar-refractivity contribution >= 4 is 11.6 Å². The molecule has 5 heteroatoms. The maximum Gasteiger partial charge on any atom is 0.150 e. The monoisotopic (exact) mass is 263 g/mol. The molecule has 0 bridgehead atoms. The summed E-state index contributed by atoms with van der Waals surface area (Å²) in [5.74, 6) is 1.07. The van der Waals surface area contributed by atoms with Gasteiger partial charge in [0.05, 0.1) is 5.69 Å². The fourth-order valence-electron chi connectivity index (χ4n) is 2.37. The van der Waals surface area contributed by atoms with Crippen molar-refractivity contribution in [3.8, 4) is 17.1 Å². The van der Waals surface area contributed by atoms with Gasteiger partial charge in [-0.05, 0) is 37.1 Å². The van der Waals surface area contributed by atoms with Crippen molar-refractivity contribution in [2.75, 3.05) is 0 Å². The van der Waals surface area contributed by atoms with E-state index in [1.807, 2.05) is 12.1 Å². The van der Waals surface area contributed by atoms with Crippen LogP contribution in [0.25, 0.3) is 11.4 Å². The fraction of sp³-hybridized carbons (Fsp3) is 0.308. The minimum atomic E-state index is 0.152. The summed E-state index contributed by atoms with van der Waals surface area (Å²) < 4.78 is 2.09. The number of nitrogens with zero attached hydrogens (tertiary/aromatic N) is 2. The molecule has 1 aliphatic heterocycles. The first-order valence-corrected chi connectivity index (χ1v) is 6.33. The van der Waals surface area contributed by atoms with Crippen molar-refractivity contribution in [1.82, 2.24) is 9.55 Å². The molecule has 2 heterocycles. The first kappa shape index (κ1) is 11.6. The van der Waals surface area contributed by atoms with E-state index in [1.165, 1.54) is 0 Å². The Morgan fingerprint density at radius 1 is 1.33 bits per heavy atom. The Morgan fingerprint density at radius 2 is 2.06 bits per heavy atom. The van der Waals surface area contributed by atoms with Gasteiger partial charge < -0.3 is 15.4 Å². The largest absolute Gasteiger partial charge is 0.508 e. The minimum absolute atomic E-state index is 0.152. The molecule has 0 radical (unpaired) electrons. The summed E-state index contributed by atoms with van der Waals surface area (Å²) in [6.07, 6.45) is 1.81. The number of rotatable bonds is 1. The van der Waals surface area contributed by atoms with Crippen molar-refractivity contribution in [1.29, 1.82) is 0 Å². The molecule has 2 aromatic rings. The summed E-state index contributed by atoms with van der Waals surface area (Å²) in [6, 6.07) is 7.11. The number of hydrogen-bond donors (Lipinski definition) is 2. The van der Waals surface area contributed by atoms with E-state index in [-0.39, 0.29) is 11.8 Å². The van der Waals surface area contributed by atoms with Gasteiger partial charge in [0.1, 0.15) is 11.6 Å². The third kappa shape index (κ3) is 1.87. The lowest BCUT2D eigenvalue weighted by molar-refractivity contribution is 0.463. The molecule has 18 heavy (non-hydrogen) atoms. The second kappa shape index (κ2) is 4.30. The molecule has 94 valence electrons. The Balaban J connectivity index is 2.10. The van der Waals surface area contributed by atoms with E-state index in [1.54, 1.807) is 12.1 Å². The van der Waals surface area contributed by atoms with Gasteiger partial charge in [0.2, 0.25) is 0 Å². The van der Waals surface area contributed by atoms with Gasteiger partial charge in [0.25, 0.3) is 0 Å². The molecule has 1 aromatic carbocycles. The summed E-state index contributed by atoms with van der Waals surface area (Å²) in [7, 11) is 0. The van der Waals surface area contributed by atoms with Crippen LogP contribution in [0, 0.1) is 0 Å². The van der Waals surface area contributed by atoms with E-state index in [0.29, 0.717) is 5.15 Å². The molecule has 0 fully saturated rings. The van der Waals surface area contributed by atoms with E-state index in [2.05, 4.69) is 9.55 Å². The number of phenolic OH excluding ortho intramolecular Hbond substituents is 1. The zero-order valence-corrected chi connectivity index (χ0v) is 10.6. The number of imidazole rings is 1. The smallest absolute Gasteiger partial charge is 0.150 e. The number of phenols is 1. The summed E-state index contributed by atoms with van der Waals surface area (Å²) in [4.78, 5) is 4.42. The predicted octanol–water partition coefficient (Wildman–Crippen LogP) is 2.18. The highest BCUT2D eigenvalue weighted by Crippen LogP contribution is 2.30. The number of halogens is 1. The van der Waals surface area contributed by atoms with Crippen LogP contribution >= 0.6 is 11.6 Å². The average molecular weight is 264 g/mol. The molecule has 0 aliphatic carbocycles. The maximum atomic E-state index is 9.32. The van der Waals surface area contributed by atoms with E-state index < -0.39 is 0 Å². The van der Waals surface area contributed by atoms with E-state index in [9.17, 15) is 5.11 Å². The zero-order chi connectivity index (χ0) is 12.7. The molecule has 1 unspecified atom stereocenters. The number of fused-ring (bicyclic) bond motifs is 1. The lowest BCUT2D eigenvalue weighted by Gasteiger charge is -2.22. The number of benzene rings is 1. The van der Waals surface area contributed by atoms with Gasteiger partial charge in [-0.3, -0.25) is 0 Å². The highest BCUT2D eigenvalue weighted by molar-refractivity contribution is 6.30. The Labute approximate surface area is 110 Å². The lowest BCUT2D eigenvalue weighted by Crippen LogP contribution is -2.32. The maximum absolute atomic E-state index is 9.32. The van der Waals surface area contributed by atoms with Crippen LogP contribution in [-0.4, -0.2) is 20.7 Å². The molecule has 1 aromatic heterocycles. The van der Waals surface area contributed by atoms with E-state index in [0.717, 1.165) is 36.5 Å². The third-order valence-corrected chi connectivity index (χ3v) is 3.62. The van der Waals surface area contributed by atoms with Crippen LogP contribution in [0.2, 0.25) is 5.15 Å². The van der Waals surface area contributed by atoms with Crippen LogP contribution in [0.5, 0.6) is 5.75 Å². The van der Waals surface area contributed by atoms with Crippen molar-refractivity contribution in [3.05, 3.63) is 35.1 Å². The first-order valence-electron chi connectivity index (χ1n) is 5.95. The molecule has 0 saturated carbocycles. The number of nitrogens with two attached hydrogens (primary N) is 1. The van der Waals surface area contributed by atoms with Gasteiger partial charge in [-0.25, -0.2) is 4.98 Å². The molecule has 4 nitrogen and oxygen atoms in total. The molecule has 0 amide bonds. The van der Waals surface area contributed by atoms with Crippen molar-refractivity contribution in [2.24, 2.45) is 5.73 Å².